The lowest BCUT2D eigenvalue weighted by Gasteiger charge is -2.12. The molecule has 4 nitrogen and oxygen atoms in total. The molecule has 1 aliphatic carbocycles. The number of para-hydroxylation sites is 1. The molecule has 1 aliphatic rings. The van der Waals surface area contributed by atoms with Gasteiger partial charge in [0.15, 0.2) is 0 Å². The van der Waals surface area contributed by atoms with Crippen LogP contribution in [0.1, 0.15) is 30.1 Å². The van der Waals surface area contributed by atoms with Gasteiger partial charge in [-0.05, 0) is 25.0 Å². The van der Waals surface area contributed by atoms with Gasteiger partial charge in [-0.3, -0.25) is 0 Å². The maximum atomic E-state index is 12.5. The van der Waals surface area contributed by atoms with Gasteiger partial charge in [-0.1, -0.05) is 17.3 Å². The third kappa shape index (κ3) is 2.98. The number of rotatable bonds is 5. The SMILES string of the molecule is O=CCc1c(-c2ccccc2OC(F)(F)F)noc1C1CC1. The summed E-state index contributed by atoms with van der Waals surface area (Å²) in [6, 6.07) is 5.68. The third-order valence-corrected chi connectivity index (χ3v) is 3.42. The average molecular weight is 311 g/mol. The quantitative estimate of drug-likeness (QED) is 0.787. The molecule has 1 aromatic carbocycles. The van der Waals surface area contributed by atoms with E-state index >= 15 is 0 Å². The summed E-state index contributed by atoms with van der Waals surface area (Å²) in [6.07, 6.45) is -2.20. The second-order valence-corrected chi connectivity index (χ2v) is 5.06. The van der Waals surface area contributed by atoms with Crippen LogP contribution in [0.5, 0.6) is 5.75 Å². The first-order chi connectivity index (χ1) is 10.5. The Kier molecular flexibility index (Phi) is 3.64. The molecule has 1 aromatic heterocycles. The van der Waals surface area contributed by atoms with Crippen molar-refractivity contribution in [3.8, 4) is 17.0 Å². The molecule has 0 atom stereocenters. The molecule has 0 amide bonds. The van der Waals surface area contributed by atoms with Crippen LogP contribution < -0.4 is 4.74 Å². The average Bonchev–Trinajstić information content (AvgIpc) is 3.20. The fourth-order valence-electron chi connectivity index (χ4n) is 2.36. The number of alkyl halides is 3. The van der Waals surface area contributed by atoms with Crippen molar-refractivity contribution in [3.05, 3.63) is 35.6 Å². The van der Waals surface area contributed by atoms with Gasteiger partial charge in [-0.25, -0.2) is 0 Å². The molecule has 116 valence electrons. The Bertz CT molecular complexity index is 690. The summed E-state index contributed by atoms with van der Waals surface area (Å²) in [6.45, 7) is 0. The maximum absolute atomic E-state index is 12.5. The Morgan fingerprint density at radius 2 is 2.05 bits per heavy atom. The molecule has 0 aliphatic heterocycles. The number of benzene rings is 1. The van der Waals surface area contributed by atoms with Crippen LogP contribution in [0.2, 0.25) is 0 Å². The second kappa shape index (κ2) is 5.47. The summed E-state index contributed by atoms with van der Waals surface area (Å²) in [5, 5.41) is 3.88. The van der Waals surface area contributed by atoms with Gasteiger partial charge in [0.1, 0.15) is 23.5 Å². The minimum absolute atomic E-state index is 0.0466. The lowest BCUT2D eigenvalue weighted by atomic mass is 10.0. The number of carbonyl (C=O) groups excluding carboxylic acids is 1. The van der Waals surface area contributed by atoms with Crippen molar-refractivity contribution in [2.45, 2.75) is 31.5 Å². The van der Waals surface area contributed by atoms with Crippen molar-refractivity contribution in [2.24, 2.45) is 0 Å². The van der Waals surface area contributed by atoms with Crippen LogP contribution in [-0.2, 0) is 11.2 Å². The van der Waals surface area contributed by atoms with Gasteiger partial charge >= 0.3 is 6.36 Å². The molecular weight excluding hydrogens is 299 g/mol. The van der Waals surface area contributed by atoms with Gasteiger partial charge in [0.2, 0.25) is 0 Å². The zero-order valence-corrected chi connectivity index (χ0v) is 11.4. The molecule has 3 rings (SSSR count). The Labute approximate surface area is 123 Å². The van der Waals surface area contributed by atoms with E-state index in [4.69, 9.17) is 4.52 Å². The molecule has 1 heterocycles. The summed E-state index contributed by atoms with van der Waals surface area (Å²) in [5.41, 5.74) is 0.928. The topological polar surface area (TPSA) is 52.3 Å². The second-order valence-electron chi connectivity index (χ2n) is 5.06. The molecule has 0 N–H and O–H groups in total. The molecule has 0 spiro atoms. The van der Waals surface area contributed by atoms with E-state index in [-0.39, 0.29) is 29.3 Å². The first-order valence-corrected chi connectivity index (χ1v) is 6.77. The number of ether oxygens (including phenoxy) is 1. The first-order valence-electron chi connectivity index (χ1n) is 6.77. The number of hydrogen-bond donors (Lipinski definition) is 0. The molecule has 1 saturated carbocycles. The summed E-state index contributed by atoms with van der Waals surface area (Å²) >= 11 is 0. The predicted octanol–water partition coefficient (Wildman–Crippen LogP) is 3.86. The van der Waals surface area contributed by atoms with Gasteiger partial charge in [-0.15, -0.1) is 13.2 Å². The molecular formula is C15H12F3NO3. The normalized spacial score (nSPS) is 14.9. The van der Waals surface area contributed by atoms with Gasteiger partial charge in [0, 0.05) is 23.5 Å². The summed E-state index contributed by atoms with van der Waals surface area (Å²) in [4.78, 5) is 10.9. The molecule has 0 radical (unpaired) electrons. The monoisotopic (exact) mass is 311 g/mol. The number of halogens is 3. The van der Waals surface area contributed by atoms with E-state index in [9.17, 15) is 18.0 Å². The fourth-order valence-corrected chi connectivity index (χ4v) is 2.36. The zero-order chi connectivity index (χ0) is 15.7. The highest BCUT2D eigenvalue weighted by atomic mass is 19.4. The van der Waals surface area contributed by atoms with Crippen LogP contribution in [0, 0.1) is 0 Å². The third-order valence-electron chi connectivity index (χ3n) is 3.42. The molecule has 7 heteroatoms. The van der Waals surface area contributed by atoms with Gasteiger partial charge in [0.25, 0.3) is 0 Å². The van der Waals surface area contributed by atoms with Crippen LogP contribution in [0.3, 0.4) is 0 Å². The van der Waals surface area contributed by atoms with Crippen molar-refractivity contribution in [2.75, 3.05) is 0 Å². The van der Waals surface area contributed by atoms with E-state index in [1.54, 1.807) is 6.07 Å². The van der Waals surface area contributed by atoms with E-state index in [1.165, 1.54) is 18.2 Å². The number of aldehydes is 1. The zero-order valence-electron chi connectivity index (χ0n) is 11.4. The highest BCUT2D eigenvalue weighted by Gasteiger charge is 2.35. The molecule has 0 unspecified atom stereocenters. The molecule has 0 bridgehead atoms. The van der Waals surface area contributed by atoms with Crippen LogP contribution in [0.4, 0.5) is 13.2 Å². The number of hydrogen-bond acceptors (Lipinski definition) is 4. The fraction of sp³-hybridized carbons (Fsp3) is 0.333. The number of carbonyl (C=O) groups is 1. The number of nitrogens with zero attached hydrogens (tertiary/aromatic N) is 1. The van der Waals surface area contributed by atoms with Crippen LogP contribution in [-0.4, -0.2) is 17.8 Å². The first kappa shape index (κ1) is 14.6. The Morgan fingerprint density at radius 3 is 2.68 bits per heavy atom. The minimum Gasteiger partial charge on any atom is -0.405 e. The smallest absolute Gasteiger partial charge is 0.405 e. The molecule has 2 aromatic rings. The highest BCUT2D eigenvalue weighted by Crippen LogP contribution is 2.45. The summed E-state index contributed by atoms with van der Waals surface area (Å²) < 4.78 is 46.8. The van der Waals surface area contributed by atoms with E-state index in [0.29, 0.717) is 17.6 Å². The van der Waals surface area contributed by atoms with Crippen LogP contribution >= 0.6 is 0 Å². The van der Waals surface area contributed by atoms with Crippen molar-refractivity contribution >= 4 is 6.29 Å². The van der Waals surface area contributed by atoms with Crippen LogP contribution in [0.25, 0.3) is 11.3 Å². The molecule has 0 saturated heterocycles. The lowest BCUT2D eigenvalue weighted by Crippen LogP contribution is -2.17. The predicted molar refractivity (Wildman–Crippen MR) is 70.4 cm³/mol. The van der Waals surface area contributed by atoms with E-state index < -0.39 is 6.36 Å². The molecule has 1 fully saturated rings. The Morgan fingerprint density at radius 1 is 1.32 bits per heavy atom. The highest BCUT2D eigenvalue weighted by molar-refractivity contribution is 5.73. The van der Waals surface area contributed by atoms with Crippen molar-refractivity contribution in [3.63, 3.8) is 0 Å². The Hall–Kier alpha value is -2.31. The summed E-state index contributed by atoms with van der Waals surface area (Å²) in [7, 11) is 0. The minimum atomic E-state index is -4.80. The molecule has 22 heavy (non-hydrogen) atoms. The van der Waals surface area contributed by atoms with Gasteiger partial charge in [0.05, 0.1) is 0 Å². The van der Waals surface area contributed by atoms with E-state index in [0.717, 1.165) is 12.8 Å². The van der Waals surface area contributed by atoms with Gasteiger partial charge in [-0.2, -0.15) is 0 Å². The van der Waals surface area contributed by atoms with Crippen molar-refractivity contribution in [1.82, 2.24) is 5.16 Å². The lowest BCUT2D eigenvalue weighted by molar-refractivity contribution is -0.274. The van der Waals surface area contributed by atoms with Crippen molar-refractivity contribution < 1.29 is 27.2 Å². The summed E-state index contributed by atoms with van der Waals surface area (Å²) in [5.74, 6) is 0.425. The number of aromatic nitrogens is 1. The standard InChI is InChI=1S/C15H12F3NO3/c16-15(17,18)21-12-4-2-1-3-10(12)13-11(7-8-20)14(22-19-13)9-5-6-9/h1-4,8-9H,5-7H2. The largest absolute Gasteiger partial charge is 0.573 e. The maximum Gasteiger partial charge on any atom is 0.573 e. The van der Waals surface area contributed by atoms with E-state index in [1.807, 2.05) is 0 Å². The van der Waals surface area contributed by atoms with E-state index in [2.05, 4.69) is 9.89 Å². The van der Waals surface area contributed by atoms with Gasteiger partial charge < -0.3 is 14.1 Å². The Balaban J connectivity index is 2.06. The van der Waals surface area contributed by atoms with Crippen molar-refractivity contribution in [1.29, 1.82) is 0 Å². The van der Waals surface area contributed by atoms with Crippen LogP contribution in [0.15, 0.2) is 28.8 Å².